The van der Waals surface area contributed by atoms with Crippen molar-refractivity contribution in [2.75, 3.05) is 7.11 Å². The highest BCUT2D eigenvalue weighted by Crippen LogP contribution is 2.51. The molecule has 0 saturated carbocycles. The van der Waals surface area contributed by atoms with Crippen LogP contribution in [-0.4, -0.2) is 12.2 Å². The molecule has 1 N–H and O–H groups in total. The first kappa shape index (κ1) is 13.1. The number of hydrogen-bond acceptors (Lipinski definition) is 2. The van der Waals surface area contributed by atoms with Gasteiger partial charge >= 0.3 is 0 Å². The molecule has 2 nitrogen and oxygen atoms in total. The van der Waals surface area contributed by atoms with Crippen molar-refractivity contribution in [3.05, 3.63) is 89.5 Å². The van der Waals surface area contributed by atoms with Crippen LogP contribution in [0.4, 0.5) is 0 Å². The summed E-state index contributed by atoms with van der Waals surface area (Å²) in [4.78, 5) is 0. The Morgan fingerprint density at radius 3 is 2.23 bits per heavy atom. The lowest BCUT2D eigenvalue weighted by molar-refractivity contribution is 0.130. The second kappa shape index (κ2) is 4.72. The van der Waals surface area contributed by atoms with Gasteiger partial charge in [-0.2, -0.15) is 0 Å². The monoisotopic (exact) mass is 288 g/mol. The van der Waals surface area contributed by atoms with Crippen LogP contribution in [0, 0.1) is 0 Å². The van der Waals surface area contributed by atoms with Crippen LogP contribution in [0.1, 0.15) is 16.7 Å². The topological polar surface area (TPSA) is 29.5 Å². The second-order valence-corrected chi connectivity index (χ2v) is 5.53. The Morgan fingerprint density at radius 2 is 1.45 bits per heavy atom. The summed E-state index contributed by atoms with van der Waals surface area (Å²) in [5.74, 6) is 0.797. The molecule has 0 aliphatic heterocycles. The quantitative estimate of drug-likeness (QED) is 0.773. The summed E-state index contributed by atoms with van der Waals surface area (Å²) in [6.07, 6.45) is 0. The number of aliphatic hydroxyl groups is 1. The molecule has 0 aromatic heterocycles. The number of hydrogen-bond donors (Lipinski definition) is 1. The second-order valence-electron chi connectivity index (χ2n) is 5.53. The van der Waals surface area contributed by atoms with Gasteiger partial charge in [0.05, 0.1) is 7.11 Å². The lowest BCUT2D eigenvalue weighted by Gasteiger charge is -2.26. The average Bonchev–Trinajstić information content (AvgIpc) is 2.86. The third kappa shape index (κ3) is 1.65. The molecule has 0 saturated heterocycles. The zero-order valence-electron chi connectivity index (χ0n) is 12.3. The van der Waals surface area contributed by atoms with Gasteiger partial charge in [-0.05, 0) is 28.8 Å². The molecular formula is C20H16O2. The Hall–Kier alpha value is -2.58. The number of methoxy groups -OCH3 is 1. The van der Waals surface area contributed by atoms with E-state index in [-0.39, 0.29) is 0 Å². The van der Waals surface area contributed by atoms with Crippen molar-refractivity contribution in [2.45, 2.75) is 5.60 Å². The molecule has 0 unspecified atom stereocenters. The third-order valence-electron chi connectivity index (χ3n) is 4.42. The normalized spacial score (nSPS) is 18.6. The average molecular weight is 288 g/mol. The standard InChI is InChI=1S/C20H16O2/c1-22-15-11-12-19-17(13-15)16-9-5-6-10-18(16)20(19,21)14-7-3-2-4-8-14/h2-13,21H,1H3/t20-/m0/s1. The lowest BCUT2D eigenvalue weighted by atomic mass is 9.84. The van der Waals surface area contributed by atoms with Crippen LogP contribution in [0.25, 0.3) is 11.1 Å². The summed E-state index contributed by atoms with van der Waals surface area (Å²) in [6.45, 7) is 0. The van der Waals surface area contributed by atoms with Crippen molar-refractivity contribution < 1.29 is 9.84 Å². The van der Waals surface area contributed by atoms with Gasteiger partial charge in [-0.15, -0.1) is 0 Å². The molecule has 4 rings (SSSR count). The molecule has 0 radical (unpaired) electrons. The fourth-order valence-electron chi connectivity index (χ4n) is 3.36. The molecule has 1 aliphatic rings. The molecule has 0 spiro atoms. The molecule has 22 heavy (non-hydrogen) atoms. The maximum Gasteiger partial charge on any atom is 0.141 e. The van der Waals surface area contributed by atoms with Gasteiger partial charge in [0.2, 0.25) is 0 Å². The summed E-state index contributed by atoms with van der Waals surface area (Å²) in [6, 6.07) is 23.7. The molecule has 2 heteroatoms. The van der Waals surface area contributed by atoms with Crippen LogP contribution in [0.3, 0.4) is 0 Å². The van der Waals surface area contributed by atoms with Crippen LogP contribution in [0.15, 0.2) is 72.8 Å². The van der Waals surface area contributed by atoms with E-state index < -0.39 is 5.60 Å². The van der Waals surface area contributed by atoms with E-state index in [4.69, 9.17) is 4.74 Å². The molecule has 1 aliphatic carbocycles. The van der Waals surface area contributed by atoms with Gasteiger partial charge < -0.3 is 9.84 Å². The fourth-order valence-corrected chi connectivity index (χ4v) is 3.36. The van der Waals surface area contributed by atoms with Crippen molar-refractivity contribution in [3.63, 3.8) is 0 Å². The van der Waals surface area contributed by atoms with Crippen molar-refractivity contribution in [2.24, 2.45) is 0 Å². The smallest absolute Gasteiger partial charge is 0.141 e. The molecular weight excluding hydrogens is 272 g/mol. The highest BCUT2D eigenvalue weighted by molar-refractivity contribution is 5.83. The van der Waals surface area contributed by atoms with Crippen LogP contribution in [0.2, 0.25) is 0 Å². The maximum atomic E-state index is 11.6. The molecule has 3 aromatic rings. The molecule has 0 heterocycles. The molecule has 0 fully saturated rings. The Kier molecular flexibility index (Phi) is 2.81. The Bertz CT molecular complexity index is 839. The van der Waals surface area contributed by atoms with Crippen molar-refractivity contribution >= 4 is 0 Å². The van der Waals surface area contributed by atoms with E-state index in [1.165, 1.54) is 0 Å². The first-order valence-corrected chi connectivity index (χ1v) is 7.31. The van der Waals surface area contributed by atoms with E-state index in [2.05, 4.69) is 6.07 Å². The van der Waals surface area contributed by atoms with Crippen LogP contribution < -0.4 is 4.74 Å². The summed E-state index contributed by atoms with van der Waals surface area (Å²) in [5, 5.41) is 11.6. The lowest BCUT2D eigenvalue weighted by Crippen LogP contribution is -2.25. The van der Waals surface area contributed by atoms with E-state index in [1.54, 1.807) is 7.11 Å². The summed E-state index contributed by atoms with van der Waals surface area (Å²) in [5.41, 5.74) is 3.68. The molecule has 3 aromatic carbocycles. The van der Waals surface area contributed by atoms with Crippen molar-refractivity contribution in [1.82, 2.24) is 0 Å². The van der Waals surface area contributed by atoms with Crippen LogP contribution in [-0.2, 0) is 5.60 Å². The highest BCUT2D eigenvalue weighted by Gasteiger charge is 2.42. The van der Waals surface area contributed by atoms with Crippen molar-refractivity contribution in [1.29, 1.82) is 0 Å². The molecule has 0 amide bonds. The third-order valence-corrected chi connectivity index (χ3v) is 4.42. The Labute approximate surface area is 129 Å². The minimum absolute atomic E-state index is 0.797. The fraction of sp³-hybridized carbons (Fsp3) is 0.100. The van der Waals surface area contributed by atoms with E-state index in [0.29, 0.717) is 0 Å². The Balaban J connectivity index is 2.06. The number of fused-ring (bicyclic) bond motifs is 3. The largest absolute Gasteiger partial charge is 0.497 e. The van der Waals surface area contributed by atoms with Gasteiger partial charge in [-0.1, -0.05) is 60.7 Å². The van der Waals surface area contributed by atoms with Crippen LogP contribution in [0.5, 0.6) is 5.75 Å². The zero-order valence-corrected chi connectivity index (χ0v) is 12.3. The minimum Gasteiger partial charge on any atom is -0.497 e. The summed E-state index contributed by atoms with van der Waals surface area (Å²) >= 11 is 0. The minimum atomic E-state index is -1.11. The zero-order chi connectivity index (χ0) is 15.2. The van der Waals surface area contributed by atoms with Gasteiger partial charge in [-0.25, -0.2) is 0 Å². The molecule has 108 valence electrons. The first-order valence-electron chi connectivity index (χ1n) is 7.31. The number of benzene rings is 3. The van der Waals surface area contributed by atoms with Gasteiger partial charge in [0, 0.05) is 11.1 Å². The summed E-state index contributed by atoms with van der Waals surface area (Å²) in [7, 11) is 1.66. The number of ether oxygens (including phenoxy) is 1. The van der Waals surface area contributed by atoms with Gasteiger partial charge in [0.25, 0.3) is 0 Å². The highest BCUT2D eigenvalue weighted by atomic mass is 16.5. The molecule has 0 bridgehead atoms. The predicted octanol–water partition coefficient (Wildman–Crippen LogP) is 3.96. The van der Waals surface area contributed by atoms with Gasteiger partial charge in [-0.3, -0.25) is 0 Å². The summed E-state index contributed by atoms with van der Waals surface area (Å²) < 4.78 is 5.35. The first-order chi connectivity index (χ1) is 10.7. The maximum absolute atomic E-state index is 11.6. The van der Waals surface area contributed by atoms with E-state index >= 15 is 0 Å². The number of rotatable bonds is 2. The van der Waals surface area contributed by atoms with E-state index in [9.17, 15) is 5.11 Å². The molecule has 1 atom stereocenters. The SMILES string of the molecule is COc1ccc2c(c1)-c1ccccc1[C@@]2(O)c1ccccc1. The van der Waals surface area contributed by atoms with E-state index in [1.807, 2.05) is 66.7 Å². The van der Waals surface area contributed by atoms with Gasteiger partial charge in [0.1, 0.15) is 11.4 Å². The van der Waals surface area contributed by atoms with Crippen molar-refractivity contribution in [3.8, 4) is 16.9 Å². The Morgan fingerprint density at radius 1 is 0.773 bits per heavy atom. The van der Waals surface area contributed by atoms with E-state index in [0.717, 1.165) is 33.6 Å². The predicted molar refractivity (Wildman–Crippen MR) is 87.0 cm³/mol. The van der Waals surface area contributed by atoms with Gasteiger partial charge in [0.15, 0.2) is 0 Å². The van der Waals surface area contributed by atoms with Crippen LogP contribution >= 0.6 is 0 Å².